The van der Waals surface area contributed by atoms with E-state index in [1.54, 1.807) is 7.11 Å². The average molecular weight is 417 g/mol. The maximum Gasteiger partial charge on any atom is 0.223 e. The molecule has 7 heteroatoms. The second kappa shape index (κ2) is 11.1. The third-order valence-corrected chi connectivity index (χ3v) is 6.23. The number of piperidine rings is 1. The van der Waals surface area contributed by atoms with Crippen LogP contribution in [0.25, 0.3) is 0 Å². The van der Waals surface area contributed by atoms with Crippen LogP contribution in [0.3, 0.4) is 0 Å². The van der Waals surface area contributed by atoms with Crippen LogP contribution in [-0.2, 0) is 11.2 Å². The van der Waals surface area contributed by atoms with Gasteiger partial charge in [0.1, 0.15) is 11.6 Å². The van der Waals surface area contributed by atoms with Crippen LogP contribution in [0.5, 0.6) is 5.75 Å². The number of methoxy groups -OCH3 is 1. The number of anilines is 1. The van der Waals surface area contributed by atoms with E-state index < -0.39 is 0 Å². The zero-order valence-electron chi connectivity index (χ0n) is 17.5. The maximum atomic E-state index is 12.4. The van der Waals surface area contributed by atoms with Crippen molar-refractivity contribution in [3.63, 3.8) is 0 Å². The Balaban J connectivity index is 1.44. The first-order valence-corrected chi connectivity index (χ1v) is 11.4. The summed E-state index contributed by atoms with van der Waals surface area (Å²) in [7, 11) is 1.68. The van der Waals surface area contributed by atoms with Crippen molar-refractivity contribution in [2.45, 2.75) is 51.9 Å². The van der Waals surface area contributed by atoms with Gasteiger partial charge >= 0.3 is 0 Å². The van der Waals surface area contributed by atoms with Gasteiger partial charge in [0.05, 0.1) is 7.11 Å². The fraction of sp³-hybridized carbons (Fsp3) is 0.591. The van der Waals surface area contributed by atoms with Gasteiger partial charge in [-0.3, -0.25) is 4.79 Å². The molecule has 3 rings (SSSR count). The molecule has 158 valence electrons. The third kappa shape index (κ3) is 6.42. The Morgan fingerprint density at radius 3 is 2.86 bits per heavy atom. The lowest BCUT2D eigenvalue weighted by Crippen LogP contribution is -2.40. The minimum atomic E-state index is 0.126. The smallest absolute Gasteiger partial charge is 0.223 e. The summed E-state index contributed by atoms with van der Waals surface area (Å²) >= 11 is 1.45. The molecule has 1 fully saturated rings. The van der Waals surface area contributed by atoms with E-state index in [-0.39, 0.29) is 11.8 Å². The zero-order chi connectivity index (χ0) is 20.5. The molecule has 1 saturated heterocycles. The number of hydrogen-bond donors (Lipinski definition) is 1. The molecule has 1 aromatic heterocycles. The Bertz CT molecular complexity index is 772. The lowest BCUT2D eigenvalue weighted by molar-refractivity contribution is -0.125. The van der Waals surface area contributed by atoms with Gasteiger partial charge in [0, 0.05) is 43.5 Å². The van der Waals surface area contributed by atoms with Gasteiger partial charge in [0.15, 0.2) is 0 Å². The molecule has 1 aliphatic rings. The summed E-state index contributed by atoms with van der Waals surface area (Å²) in [6, 6.07) is 8.01. The second-order valence-electron chi connectivity index (χ2n) is 7.63. The summed E-state index contributed by atoms with van der Waals surface area (Å²) in [5, 5.41) is 4.07. The molecule has 2 aromatic rings. The summed E-state index contributed by atoms with van der Waals surface area (Å²) in [6.45, 7) is 4.73. The Kier molecular flexibility index (Phi) is 8.28. The standard InChI is InChI=1S/C22H32N4O2S/c1-3-4-5-6-12-23-21(27)18-10-13-26(14-11-18)22-24-20(25-29-22)16-17-8-7-9-19(15-17)28-2/h7-9,15,18H,3-6,10-14,16H2,1-2H3,(H,23,27). The average Bonchev–Trinajstić information content (AvgIpc) is 3.22. The number of rotatable bonds is 10. The van der Waals surface area contributed by atoms with Crippen LogP contribution in [-0.4, -0.2) is 42.0 Å². The Morgan fingerprint density at radius 1 is 1.28 bits per heavy atom. The van der Waals surface area contributed by atoms with Crippen molar-refractivity contribution in [1.82, 2.24) is 14.7 Å². The van der Waals surface area contributed by atoms with Crippen molar-refractivity contribution in [3.8, 4) is 5.75 Å². The van der Waals surface area contributed by atoms with Crippen molar-refractivity contribution < 1.29 is 9.53 Å². The van der Waals surface area contributed by atoms with E-state index in [2.05, 4.69) is 27.6 Å². The van der Waals surface area contributed by atoms with Gasteiger partial charge in [-0.05, 0) is 37.0 Å². The van der Waals surface area contributed by atoms with Crippen LogP contribution in [0, 0.1) is 5.92 Å². The molecule has 0 aliphatic carbocycles. The molecular formula is C22H32N4O2S. The number of carbonyl (C=O) groups is 1. The number of benzene rings is 1. The van der Waals surface area contributed by atoms with E-state index in [4.69, 9.17) is 9.72 Å². The summed E-state index contributed by atoms with van der Waals surface area (Å²) in [6.07, 6.45) is 7.21. The van der Waals surface area contributed by atoms with Crippen molar-refractivity contribution in [2.24, 2.45) is 5.92 Å². The van der Waals surface area contributed by atoms with Gasteiger partial charge in [-0.15, -0.1) is 0 Å². The highest BCUT2D eigenvalue weighted by molar-refractivity contribution is 7.09. The van der Waals surface area contributed by atoms with Gasteiger partial charge in [0.25, 0.3) is 0 Å². The highest BCUT2D eigenvalue weighted by Gasteiger charge is 2.26. The van der Waals surface area contributed by atoms with E-state index >= 15 is 0 Å². The Labute approximate surface area is 177 Å². The monoisotopic (exact) mass is 416 g/mol. The second-order valence-corrected chi connectivity index (χ2v) is 8.36. The number of nitrogens with one attached hydrogen (secondary N) is 1. The molecule has 0 unspecified atom stereocenters. The van der Waals surface area contributed by atoms with Crippen LogP contribution < -0.4 is 15.0 Å². The van der Waals surface area contributed by atoms with Crippen LogP contribution in [0.2, 0.25) is 0 Å². The molecule has 1 amide bonds. The van der Waals surface area contributed by atoms with Crippen LogP contribution in [0.4, 0.5) is 5.13 Å². The zero-order valence-corrected chi connectivity index (χ0v) is 18.3. The van der Waals surface area contributed by atoms with E-state index in [0.717, 1.165) is 61.2 Å². The molecule has 1 aliphatic heterocycles. The van der Waals surface area contributed by atoms with Crippen molar-refractivity contribution in [1.29, 1.82) is 0 Å². The van der Waals surface area contributed by atoms with Gasteiger partial charge in [-0.1, -0.05) is 38.3 Å². The van der Waals surface area contributed by atoms with Crippen LogP contribution in [0.15, 0.2) is 24.3 Å². The summed E-state index contributed by atoms with van der Waals surface area (Å²) < 4.78 is 9.81. The number of aromatic nitrogens is 2. The number of amides is 1. The molecule has 0 radical (unpaired) electrons. The van der Waals surface area contributed by atoms with E-state index in [0.29, 0.717) is 6.42 Å². The van der Waals surface area contributed by atoms with Gasteiger partial charge < -0.3 is 15.0 Å². The quantitative estimate of drug-likeness (QED) is 0.592. The molecular weight excluding hydrogens is 384 g/mol. The molecule has 2 heterocycles. The number of carbonyl (C=O) groups excluding carboxylic acids is 1. The predicted octanol–water partition coefficient (Wildman–Crippen LogP) is 4.05. The predicted molar refractivity (Wildman–Crippen MR) is 118 cm³/mol. The van der Waals surface area contributed by atoms with Gasteiger partial charge in [-0.25, -0.2) is 4.98 Å². The third-order valence-electron chi connectivity index (χ3n) is 5.42. The lowest BCUT2D eigenvalue weighted by atomic mass is 9.96. The molecule has 1 aromatic carbocycles. The van der Waals surface area contributed by atoms with E-state index in [1.165, 1.54) is 30.8 Å². The summed E-state index contributed by atoms with van der Waals surface area (Å²) in [5.74, 6) is 2.03. The first-order valence-electron chi connectivity index (χ1n) is 10.7. The lowest BCUT2D eigenvalue weighted by Gasteiger charge is -2.30. The fourth-order valence-corrected chi connectivity index (χ4v) is 4.39. The highest BCUT2D eigenvalue weighted by atomic mass is 32.1. The molecule has 29 heavy (non-hydrogen) atoms. The van der Waals surface area contributed by atoms with Crippen LogP contribution >= 0.6 is 11.5 Å². The van der Waals surface area contributed by atoms with Gasteiger partial charge in [-0.2, -0.15) is 4.37 Å². The Hall–Kier alpha value is -2.15. The van der Waals surface area contributed by atoms with Gasteiger partial charge in [0.2, 0.25) is 11.0 Å². The van der Waals surface area contributed by atoms with E-state index in [9.17, 15) is 4.79 Å². The first kappa shape index (κ1) is 21.6. The number of hydrogen-bond acceptors (Lipinski definition) is 6. The molecule has 6 nitrogen and oxygen atoms in total. The Morgan fingerprint density at radius 2 is 2.10 bits per heavy atom. The van der Waals surface area contributed by atoms with Crippen LogP contribution in [0.1, 0.15) is 56.8 Å². The first-order chi connectivity index (χ1) is 14.2. The number of unbranched alkanes of at least 4 members (excludes halogenated alkanes) is 3. The topological polar surface area (TPSA) is 67.4 Å². The van der Waals surface area contributed by atoms with Crippen molar-refractivity contribution in [2.75, 3.05) is 31.6 Å². The van der Waals surface area contributed by atoms with Crippen molar-refractivity contribution in [3.05, 3.63) is 35.7 Å². The summed E-state index contributed by atoms with van der Waals surface area (Å²) in [4.78, 5) is 19.4. The summed E-state index contributed by atoms with van der Waals surface area (Å²) in [5.41, 5.74) is 1.14. The largest absolute Gasteiger partial charge is 0.497 e. The number of nitrogens with zero attached hydrogens (tertiary/aromatic N) is 3. The highest BCUT2D eigenvalue weighted by Crippen LogP contribution is 2.26. The molecule has 1 N–H and O–H groups in total. The van der Waals surface area contributed by atoms with Crippen molar-refractivity contribution >= 4 is 22.6 Å². The normalized spacial score (nSPS) is 14.8. The minimum absolute atomic E-state index is 0.126. The molecule has 0 atom stereocenters. The SMILES string of the molecule is CCCCCCNC(=O)C1CCN(c2nc(Cc3cccc(OC)c3)ns2)CC1. The minimum Gasteiger partial charge on any atom is -0.497 e. The molecule has 0 saturated carbocycles. The molecule has 0 spiro atoms. The number of ether oxygens (including phenoxy) is 1. The fourth-order valence-electron chi connectivity index (χ4n) is 3.65. The molecule has 0 bridgehead atoms. The maximum absolute atomic E-state index is 12.4. The van der Waals surface area contributed by atoms with E-state index in [1.807, 2.05) is 18.2 Å².